The molecule has 0 bridgehead atoms. The Morgan fingerprint density at radius 3 is 1.44 bits per heavy atom. The van der Waals surface area contributed by atoms with Gasteiger partial charge in [-0.1, -0.05) is 255 Å². The first-order valence-corrected chi connectivity index (χ1v) is 36.4. The Morgan fingerprint density at radius 1 is 0.398 bits per heavy atom. The summed E-state index contributed by atoms with van der Waals surface area (Å²) < 4.78 is 12.6. The zero-order valence-corrected chi connectivity index (χ0v) is 60.5. The lowest BCUT2D eigenvalue weighted by atomic mass is 9.32. The minimum Gasteiger partial charge on any atom is -0.456 e. The molecule has 6 heteroatoms. The summed E-state index contributed by atoms with van der Waals surface area (Å²) in [5, 5.41) is 7.50. The number of allylic oxidation sites excluding steroid dienone is 8. The van der Waals surface area contributed by atoms with Crippen LogP contribution in [0.5, 0.6) is 0 Å². The summed E-state index contributed by atoms with van der Waals surface area (Å²) in [5.41, 5.74) is 29.8. The molecule has 2 aliphatic carbocycles. The van der Waals surface area contributed by atoms with Crippen LogP contribution in [0.15, 0.2) is 249 Å². The Labute approximate surface area is 583 Å². The summed E-state index contributed by atoms with van der Waals surface area (Å²) >= 11 is 2.04. The summed E-state index contributed by atoms with van der Waals surface area (Å²) in [7, 11) is 0. The van der Waals surface area contributed by atoms with E-state index in [4.69, 9.17) is 4.42 Å². The van der Waals surface area contributed by atoms with Crippen LogP contribution in [0.4, 0.5) is 11.4 Å². The first-order valence-electron chi connectivity index (χ1n) is 35.6. The largest absolute Gasteiger partial charge is 0.456 e. The third-order valence-electron chi connectivity index (χ3n) is 22.0. The highest BCUT2D eigenvalue weighted by Gasteiger charge is 2.47. The third kappa shape index (κ3) is 10.2. The molecule has 0 fully saturated rings. The first kappa shape index (κ1) is 62.3. The maximum atomic E-state index is 7.05. The highest BCUT2D eigenvalue weighted by molar-refractivity contribution is 8.03. The molecule has 98 heavy (non-hydrogen) atoms. The smallest absolute Gasteiger partial charge is 0.248 e. The molecule has 4 nitrogen and oxygen atoms in total. The predicted molar refractivity (Wildman–Crippen MR) is 422 cm³/mol. The molecule has 10 aromatic carbocycles. The maximum Gasteiger partial charge on any atom is 0.248 e. The number of anilines is 2. The van der Waals surface area contributed by atoms with Crippen molar-refractivity contribution in [2.24, 2.45) is 0 Å². The van der Waals surface area contributed by atoms with Crippen molar-refractivity contribution in [1.82, 2.24) is 9.13 Å². The van der Waals surface area contributed by atoms with Crippen molar-refractivity contribution in [3.63, 3.8) is 0 Å². The van der Waals surface area contributed by atoms with E-state index in [1.165, 1.54) is 137 Å². The number of thioether (sulfide) groups is 1. The highest BCUT2D eigenvalue weighted by Crippen LogP contribution is 2.58. The van der Waals surface area contributed by atoms with Crippen LogP contribution < -0.4 is 10.4 Å². The van der Waals surface area contributed by atoms with Crippen molar-refractivity contribution in [2.45, 2.75) is 161 Å². The van der Waals surface area contributed by atoms with Gasteiger partial charge in [-0.15, -0.1) is 0 Å². The van der Waals surface area contributed by atoms with Gasteiger partial charge < -0.3 is 18.5 Å². The van der Waals surface area contributed by atoms with Crippen LogP contribution in [0.1, 0.15) is 163 Å². The summed E-state index contributed by atoms with van der Waals surface area (Å²) in [6.45, 7) is 35.1. The number of rotatable bonds is 6. The lowest BCUT2D eigenvalue weighted by Gasteiger charge is -2.45. The zero-order chi connectivity index (χ0) is 67.9. The molecule has 5 heterocycles. The Bertz CT molecular complexity index is 5490. The molecule has 2 aliphatic heterocycles. The fourth-order valence-corrected chi connectivity index (χ4v) is 17.9. The Kier molecular flexibility index (Phi) is 14.1. The number of hydrogen-bond donors (Lipinski definition) is 0. The molecule has 0 saturated heterocycles. The Balaban J connectivity index is 1.02. The number of fused-ring (bicyclic) bond motifs is 11. The quantitative estimate of drug-likeness (QED) is 0.155. The molecular weight excluding hydrogens is 1210 g/mol. The first-order chi connectivity index (χ1) is 46.7. The van der Waals surface area contributed by atoms with E-state index in [-0.39, 0.29) is 39.8 Å². The number of nitrogens with zero attached hydrogens (tertiary/aromatic N) is 3. The minimum absolute atomic E-state index is 0.00335. The van der Waals surface area contributed by atoms with E-state index in [1.807, 2.05) is 11.8 Å². The van der Waals surface area contributed by atoms with E-state index in [2.05, 4.69) is 336 Å². The van der Waals surface area contributed by atoms with Gasteiger partial charge in [-0.3, -0.25) is 0 Å². The molecule has 0 radical (unpaired) electrons. The second-order valence-electron chi connectivity index (χ2n) is 33.7. The van der Waals surface area contributed by atoms with Gasteiger partial charge in [0, 0.05) is 71.3 Å². The monoisotopic (exact) mass is 1290 g/mol. The van der Waals surface area contributed by atoms with Gasteiger partial charge in [0.15, 0.2) is 0 Å². The van der Waals surface area contributed by atoms with E-state index in [0.29, 0.717) is 0 Å². The molecule has 1 atom stereocenters. The molecule has 3 aromatic heterocycles. The number of hydrogen-bond acceptors (Lipinski definition) is 3. The van der Waals surface area contributed by atoms with Crippen molar-refractivity contribution in [3.8, 4) is 22.3 Å². The van der Waals surface area contributed by atoms with Gasteiger partial charge in [-0.2, -0.15) is 0 Å². The number of furan rings is 1. The lowest BCUT2D eigenvalue weighted by molar-refractivity contribution is 0.590. The molecular formula is C92H88BN3OS. The minimum atomic E-state index is -0.133. The molecule has 17 rings (SSSR count). The SMILES string of the molecule is CC(C)(C)c1ccc(-c2cc3c4c(c2)N(c2cc(-c5ccccc5)cc5oc6ccccc6c25)C2=C(C=C(c5ccccc5)CC2)B4C2=C(S3)C(n3c4ccc(C(C)(C)C)cc4c4cc(C(C)(C)C)ccc43)CC(n3c4ccc(C(C)(C)C)cc4c4cc(C(C)(C)C)ccc43)=C2)cc1. The fraction of sp³-hybridized carbons (Fsp3) is 0.261. The average Bonchev–Trinajstić information content (AvgIpc) is 1.04. The van der Waals surface area contributed by atoms with Crippen molar-refractivity contribution in [1.29, 1.82) is 0 Å². The lowest BCUT2D eigenvalue weighted by Crippen LogP contribution is -2.48. The van der Waals surface area contributed by atoms with Crippen molar-refractivity contribution in [3.05, 3.63) is 273 Å². The fourth-order valence-electron chi connectivity index (χ4n) is 16.5. The molecule has 0 saturated carbocycles. The number of aromatic nitrogens is 2. The van der Waals surface area contributed by atoms with Crippen molar-refractivity contribution < 1.29 is 4.42 Å². The topological polar surface area (TPSA) is 26.2 Å². The number of para-hydroxylation sites is 1. The molecule has 0 spiro atoms. The predicted octanol–water partition coefficient (Wildman–Crippen LogP) is 25.2. The van der Waals surface area contributed by atoms with E-state index in [1.54, 1.807) is 0 Å². The van der Waals surface area contributed by atoms with Crippen LogP contribution in [0.2, 0.25) is 0 Å². The van der Waals surface area contributed by atoms with E-state index >= 15 is 0 Å². The second-order valence-corrected chi connectivity index (χ2v) is 34.8. The summed E-state index contributed by atoms with van der Waals surface area (Å²) in [4.78, 5) is 5.44. The highest BCUT2D eigenvalue weighted by atomic mass is 32.2. The van der Waals surface area contributed by atoms with Crippen LogP contribution in [-0.4, -0.2) is 15.8 Å². The third-order valence-corrected chi connectivity index (χ3v) is 23.3. The van der Waals surface area contributed by atoms with Gasteiger partial charge >= 0.3 is 0 Å². The average molecular weight is 1290 g/mol. The zero-order valence-electron chi connectivity index (χ0n) is 59.7. The number of benzene rings is 10. The van der Waals surface area contributed by atoms with Crippen LogP contribution in [-0.2, 0) is 27.1 Å². The van der Waals surface area contributed by atoms with Crippen LogP contribution in [0.3, 0.4) is 0 Å². The normalized spacial score (nSPS) is 16.3. The summed E-state index contributed by atoms with van der Waals surface area (Å²) in [6.07, 6.45) is 7.86. The molecule has 4 aliphatic rings. The van der Waals surface area contributed by atoms with Crippen molar-refractivity contribution in [2.75, 3.05) is 4.90 Å². The van der Waals surface area contributed by atoms with Gasteiger partial charge in [-0.05, 0) is 197 Å². The molecule has 0 amide bonds. The summed E-state index contributed by atoms with van der Waals surface area (Å²) in [6, 6.07) is 79.7. The molecule has 13 aromatic rings. The van der Waals surface area contributed by atoms with Crippen LogP contribution >= 0.6 is 11.8 Å². The Hall–Kier alpha value is -9.23. The molecule has 1 unspecified atom stereocenters. The standard InChI is InChI=1S/C92H88BN3OS/c1-88(2,3)61-33-30-57(31-34-61)60-46-80-86-84(48-60)98-87-73(93(86)72-44-58(55-24-18-16-19-25-55)32-39-78(72)96(80)79-45-59(56-26-20-17-21-27-56)47-83-85(79)67-28-22-23-29-82(67)97-83)53-66(94-74-40-35-62(89(4,5)6)49-68(74)69-50-63(90(7,8)9)36-41-75(69)94)54-81(87)95-76-42-37-64(91(10,11)12)51-70(76)71-52-65(92(13,14)15)38-43-77(71)95/h16-31,33-38,40-53,81H,32,39,54H2,1-15H3. The van der Waals surface area contributed by atoms with Gasteiger partial charge in [0.05, 0.1) is 28.1 Å². The van der Waals surface area contributed by atoms with E-state index < -0.39 is 0 Å². The summed E-state index contributed by atoms with van der Waals surface area (Å²) in [5.74, 6) is 0. The second kappa shape index (κ2) is 22.1. The Morgan fingerprint density at radius 2 is 0.878 bits per heavy atom. The van der Waals surface area contributed by atoms with Gasteiger partial charge in [-0.25, -0.2) is 0 Å². The van der Waals surface area contributed by atoms with Crippen LogP contribution in [0.25, 0.3) is 99.1 Å². The van der Waals surface area contributed by atoms with Gasteiger partial charge in [0.25, 0.3) is 0 Å². The molecule has 0 N–H and O–H groups in total. The van der Waals surface area contributed by atoms with E-state index in [9.17, 15) is 0 Å². The van der Waals surface area contributed by atoms with Crippen molar-refractivity contribution >= 4 is 112 Å². The van der Waals surface area contributed by atoms with E-state index in [0.717, 1.165) is 58.0 Å². The van der Waals surface area contributed by atoms with Crippen LogP contribution in [0, 0.1) is 0 Å². The van der Waals surface area contributed by atoms with Gasteiger partial charge in [0.1, 0.15) is 11.2 Å². The van der Waals surface area contributed by atoms with Gasteiger partial charge in [0.2, 0.25) is 6.71 Å². The maximum absolute atomic E-state index is 7.05. The molecule has 486 valence electrons.